The molecule has 0 aromatic heterocycles. The minimum Gasteiger partial charge on any atom is -0.375 e. The highest BCUT2D eigenvalue weighted by molar-refractivity contribution is 7.90. The van der Waals surface area contributed by atoms with E-state index in [1.165, 1.54) is 17.0 Å². The summed E-state index contributed by atoms with van der Waals surface area (Å²) in [6.07, 6.45) is 4.72. The van der Waals surface area contributed by atoms with Gasteiger partial charge in [0.2, 0.25) is 0 Å². The number of fused-ring (bicyclic) bond motifs is 1. The number of hydrogen-bond donors (Lipinski definition) is 3. The Morgan fingerprint density at radius 2 is 1.56 bits per heavy atom. The van der Waals surface area contributed by atoms with Gasteiger partial charge in [0.1, 0.15) is 0 Å². The van der Waals surface area contributed by atoms with Crippen molar-refractivity contribution in [2.45, 2.75) is 55.6 Å². The molecule has 9 heteroatoms. The van der Waals surface area contributed by atoms with Gasteiger partial charge in [0.25, 0.3) is 15.9 Å². The second-order valence-corrected chi connectivity index (χ2v) is 12.1. The fraction of sp³-hybridized carbons (Fsp3) is 0.481. The molecule has 2 aromatic carbocycles. The van der Waals surface area contributed by atoms with Gasteiger partial charge in [0.15, 0.2) is 5.60 Å². The Kier molecular flexibility index (Phi) is 6.55. The summed E-state index contributed by atoms with van der Waals surface area (Å²) in [6.45, 7) is 2.58. The van der Waals surface area contributed by atoms with Gasteiger partial charge >= 0.3 is 6.03 Å². The maximum Gasteiger partial charge on any atom is 0.331 e. The molecule has 2 aromatic rings. The molecule has 3 fully saturated rings. The Morgan fingerprint density at radius 1 is 0.944 bits per heavy atom. The van der Waals surface area contributed by atoms with Gasteiger partial charge in [-0.25, -0.2) is 17.9 Å². The van der Waals surface area contributed by atoms with Gasteiger partial charge in [-0.3, -0.25) is 4.79 Å². The average molecular weight is 512 g/mol. The smallest absolute Gasteiger partial charge is 0.331 e. The summed E-state index contributed by atoms with van der Waals surface area (Å²) >= 11 is 0. The number of sulfonamides is 1. The summed E-state index contributed by atoms with van der Waals surface area (Å²) in [5.74, 6) is -0.416. The third-order valence-corrected chi connectivity index (χ3v) is 9.42. The second-order valence-electron chi connectivity index (χ2n) is 10.4. The summed E-state index contributed by atoms with van der Waals surface area (Å²) in [4.78, 5) is 27.7. The first-order valence-electron chi connectivity index (χ1n) is 12.7. The van der Waals surface area contributed by atoms with E-state index >= 15 is 0 Å². The van der Waals surface area contributed by atoms with Crippen molar-refractivity contribution in [1.29, 1.82) is 0 Å². The standard InChI is InChI=1S/C27H33N3O5S/c1-18-12-14-21(15-13-18)36(34,35)29-26(32)30-16-22-23(17-30)24(22)28-25(31)27(33,19-8-4-2-5-9-19)20-10-6-3-7-11-20/h2,4-5,8-9,12-15,20,22-24,33H,3,6-7,10-11,16-17H2,1H3,(H,28,31)(H,29,32). The molecule has 3 amide bonds. The zero-order valence-electron chi connectivity index (χ0n) is 20.4. The van der Waals surface area contributed by atoms with Crippen LogP contribution >= 0.6 is 0 Å². The molecule has 1 heterocycles. The molecular weight excluding hydrogens is 478 g/mol. The molecule has 1 aliphatic heterocycles. The van der Waals surface area contributed by atoms with Crippen LogP contribution in [0.1, 0.15) is 43.2 Å². The Hall–Kier alpha value is -2.91. The molecule has 3 aliphatic rings. The van der Waals surface area contributed by atoms with E-state index in [0.717, 1.165) is 37.7 Å². The van der Waals surface area contributed by atoms with Crippen LogP contribution in [0, 0.1) is 24.7 Å². The number of aryl methyl sites for hydroxylation is 1. The highest BCUT2D eigenvalue weighted by atomic mass is 32.2. The van der Waals surface area contributed by atoms with Crippen molar-refractivity contribution in [3.63, 3.8) is 0 Å². The number of likely N-dealkylation sites (tertiary alicyclic amines) is 1. The molecule has 0 bridgehead atoms. The number of carbonyl (C=O) groups is 2. The molecule has 8 nitrogen and oxygen atoms in total. The monoisotopic (exact) mass is 511 g/mol. The highest BCUT2D eigenvalue weighted by Gasteiger charge is 2.59. The van der Waals surface area contributed by atoms with Gasteiger partial charge in [-0.05, 0) is 37.5 Å². The topological polar surface area (TPSA) is 116 Å². The van der Waals surface area contributed by atoms with E-state index in [9.17, 15) is 23.1 Å². The van der Waals surface area contributed by atoms with Gasteiger partial charge in [-0.15, -0.1) is 0 Å². The minimum atomic E-state index is -3.96. The lowest BCUT2D eigenvalue weighted by Crippen LogP contribution is -2.52. The summed E-state index contributed by atoms with van der Waals surface area (Å²) in [6, 6.07) is 14.7. The number of nitrogens with one attached hydrogen (secondary N) is 2. The third-order valence-electron chi connectivity index (χ3n) is 8.09. The van der Waals surface area contributed by atoms with Crippen molar-refractivity contribution >= 4 is 22.0 Å². The van der Waals surface area contributed by atoms with Gasteiger partial charge in [0.05, 0.1) is 4.90 Å². The van der Waals surface area contributed by atoms with Crippen LogP contribution in [0.5, 0.6) is 0 Å². The predicted molar refractivity (Wildman–Crippen MR) is 134 cm³/mol. The number of piperidine rings is 1. The lowest BCUT2D eigenvalue weighted by Gasteiger charge is -2.38. The van der Waals surface area contributed by atoms with Crippen molar-refractivity contribution in [2.24, 2.45) is 17.8 Å². The van der Waals surface area contributed by atoms with Crippen LogP contribution < -0.4 is 10.0 Å². The molecule has 2 aliphatic carbocycles. The average Bonchev–Trinajstić information content (AvgIpc) is 3.31. The van der Waals surface area contributed by atoms with Crippen LogP contribution in [0.2, 0.25) is 0 Å². The molecule has 3 unspecified atom stereocenters. The second kappa shape index (κ2) is 9.52. The number of hydrogen-bond acceptors (Lipinski definition) is 5. The zero-order valence-corrected chi connectivity index (χ0v) is 21.2. The largest absolute Gasteiger partial charge is 0.375 e. The van der Waals surface area contributed by atoms with Crippen molar-refractivity contribution in [1.82, 2.24) is 14.9 Å². The van der Waals surface area contributed by atoms with E-state index in [4.69, 9.17) is 0 Å². The SMILES string of the molecule is Cc1ccc(S(=O)(=O)NC(=O)N2CC3C(C2)C3NC(=O)C(O)(c2ccccc2)C2CCCCC2)cc1. The van der Waals surface area contributed by atoms with E-state index in [2.05, 4.69) is 10.0 Å². The summed E-state index contributed by atoms with van der Waals surface area (Å²) in [5, 5.41) is 14.8. The Morgan fingerprint density at radius 3 is 2.17 bits per heavy atom. The van der Waals surface area contributed by atoms with E-state index in [0.29, 0.717) is 18.7 Å². The number of carbonyl (C=O) groups excluding carboxylic acids is 2. The molecule has 0 radical (unpaired) electrons. The van der Waals surface area contributed by atoms with Crippen molar-refractivity contribution < 1.29 is 23.1 Å². The van der Waals surface area contributed by atoms with Gasteiger partial charge in [-0.1, -0.05) is 67.3 Å². The Balaban J connectivity index is 1.21. The zero-order chi connectivity index (χ0) is 25.5. The first-order chi connectivity index (χ1) is 17.2. The van der Waals surface area contributed by atoms with Crippen LogP contribution in [0.15, 0.2) is 59.5 Å². The first kappa shape index (κ1) is 24.8. The van der Waals surface area contributed by atoms with Crippen molar-refractivity contribution in [3.8, 4) is 0 Å². The number of amides is 3. The number of nitrogens with zero attached hydrogens (tertiary/aromatic N) is 1. The van der Waals surface area contributed by atoms with Gasteiger partial charge < -0.3 is 15.3 Å². The summed E-state index contributed by atoms with van der Waals surface area (Å²) in [7, 11) is -3.96. The molecule has 36 heavy (non-hydrogen) atoms. The van der Waals surface area contributed by atoms with Crippen LogP contribution in [-0.2, 0) is 20.4 Å². The fourth-order valence-electron chi connectivity index (χ4n) is 5.89. The molecule has 5 rings (SSSR count). The molecular formula is C27H33N3O5S. The quantitative estimate of drug-likeness (QED) is 0.552. The van der Waals surface area contributed by atoms with E-state index in [1.54, 1.807) is 12.1 Å². The lowest BCUT2D eigenvalue weighted by molar-refractivity contribution is -0.149. The number of aliphatic hydroxyl groups is 1. The number of benzene rings is 2. The summed E-state index contributed by atoms with van der Waals surface area (Å²) in [5.41, 5.74) is -0.0456. The van der Waals surface area contributed by atoms with E-state index in [1.807, 2.05) is 37.3 Å². The normalized spacial score (nSPS) is 25.5. The van der Waals surface area contributed by atoms with Gasteiger partial charge in [-0.2, -0.15) is 0 Å². The van der Waals surface area contributed by atoms with Crippen molar-refractivity contribution in [3.05, 3.63) is 65.7 Å². The van der Waals surface area contributed by atoms with Crippen LogP contribution in [0.3, 0.4) is 0 Å². The molecule has 192 valence electrons. The fourth-order valence-corrected chi connectivity index (χ4v) is 6.86. The molecule has 3 atom stereocenters. The summed E-state index contributed by atoms with van der Waals surface area (Å²) < 4.78 is 27.3. The molecule has 3 N–H and O–H groups in total. The van der Waals surface area contributed by atoms with Crippen molar-refractivity contribution in [2.75, 3.05) is 13.1 Å². The van der Waals surface area contributed by atoms with Gasteiger partial charge in [0, 0.05) is 36.9 Å². The minimum absolute atomic E-state index is 0.0406. The highest BCUT2D eigenvalue weighted by Crippen LogP contribution is 2.47. The Bertz CT molecular complexity index is 1220. The van der Waals surface area contributed by atoms with Crippen LogP contribution in [0.4, 0.5) is 4.79 Å². The third kappa shape index (κ3) is 4.62. The van der Waals surface area contributed by atoms with Crippen LogP contribution in [-0.4, -0.2) is 49.5 Å². The molecule has 0 spiro atoms. The van der Waals surface area contributed by atoms with Crippen LogP contribution in [0.25, 0.3) is 0 Å². The maximum absolute atomic E-state index is 13.5. The maximum atomic E-state index is 13.5. The Labute approximate surface area is 212 Å². The first-order valence-corrected chi connectivity index (χ1v) is 14.2. The predicted octanol–water partition coefficient (Wildman–Crippen LogP) is 2.91. The lowest BCUT2D eigenvalue weighted by atomic mass is 9.73. The van der Waals surface area contributed by atoms with E-state index in [-0.39, 0.29) is 34.6 Å². The number of rotatable bonds is 6. The molecule has 1 saturated heterocycles. The molecule has 2 saturated carbocycles. The number of urea groups is 1. The van der Waals surface area contributed by atoms with E-state index < -0.39 is 21.7 Å².